The molecule has 1 aliphatic heterocycles. The highest BCUT2D eigenvalue weighted by Crippen LogP contribution is 2.40. The predicted molar refractivity (Wildman–Crippen MR) is 107 cm³/mol. The first-order valence-corrected chi connectivity index (χ1v) is 9.41. The van der Waals surface area contributed by atoms with Crippen molar-refractivity contribution < 1.29 is 22.7 Å². The molecule has 2 atom stereocenters. The van der Waals surface area contributed by atoms with Crippen molar-refractivity contribution in [1.29, 1.82) is 0 Å². The fourth-order valence-corrected chi connectivity index (χ4v) is 3.83. The van der Waals surface area contributed by atoms with Gasteiger partial charge in [-0.1, -0.05) is 39.0 Å². The van der Waals surface area contributed by atoms with Crippen molar-refractivity contribution in [3.63, 3.8) is 0 Å². The lowest BCUT2D eigenvalue weighted by molar-refractivity contribution is -0.171. The first-order chi connectivity index (χ1) is 13.5. The molecular formula is C22H25F3N2O2. The van der Waals surface area contributed by atoms with Crippen molar-refractivity contribution in [2.75, 3.05) is 17.3 Å². The molecule has 0 aliphatic carbocycles. The number of fused-ring (bicyclic) bond motifs is 1. The number of carbonyl (C=O) groups is 1. The standard InChI is InChI=1S/C22H25F3N2O2/c1-21(2,3)19(26-15-9-11-16(29-4)12-10-15)18-13-14-7-5-6-8-17(14)27(18)20(28)22(23,24)25/h5-12,18-19,26H,13H2,1-4H3/t18-,19-/m0/s1. The van der Waals surface area contributed by atoms with Crippen LogP contribution in [0.3, 0.4) is 0 Å². The van der Waals surface area contributed by atoms with Gasteiger partial charge in [-0.3, -0.25) is 9.69 Å². The van der Waals surface area contributed by atoms with E-state index in [0.29, 0.717) is 17.9 Å². The van der Waals surface area contributed by atoms with E-state index < -0.39 is 29.6 Å². The van der Waals surface area contributed by atoms with Crippen LogP contribution in [0.25, 0.3) is 0 Å². The van der Waals surface area contributed by atoms with E-state index in [0.717, 1.165) is 16.2 Å². The number of benzene rings is 2. The van der Waals surface area contributed by atoms with Gasteiger partial charge in [0.2, 0.25) is 0 Å². The van der Waals surface area contributed by atoms with E-state index in [-0.39, 0.29) is 0 Å². The van der Waals surface area contributed by atoms with Gasteiger partial charge < -0.3 is 10.1 Å². The smallest absolute Gasteiger partial charge is 0.471 e. The van der Waals surface area contributed by atoms with E-state index in [1.807, 2.05) is 32.9 Å². The molecule has 0 aromatic heterocycles. The van der Waals surface area contributed by atoms with Gasteiger partial charge in [0.05, 0.1) is 19.2 Å². The van der Waals surface area contributed by atoms with Crippen LogP contribution in [0, 0.1) is 5.41 Å². The monoisotopic (exact) mass is 406 g/mol. The number of alkyl halides is 3. The Morgan fingerprint density at radius 1 is 1.10 bits per heavy atom. The molecule has 0 bridgehead atoms. The molecule has 1 heterocycles. The first kappa shape index (κ1) is 21.0. The summed E-state index contributed by atoms with van der Waals surface area (Å²) in [6.07, 6.45) is -4.60. The van der Waals surface area contributed by atoms with E-state index in [2.05, 4.69) is 5.32 Å². The molecule has 0 saturated heterocycles. The zero-order chi connectivity index (χ0) is 21.4. The lowest BCUT2D eigenvalue weighted by Gasteiger charge is -2.41. The summed E-state index contributed by atoms with van der Waals surface area (Å²) >= 11 is 0. The summed E-state index contributed by atoms with van der Waals surface area (Å²) in [5.41, 5.74) is 1.39. The van der Waals surface area contributed by atoms with Gasteiger partial charge in [0.1, 0.15) is 5.75 Å². The molecule has 3 rings (SSSR count). The maximum Gasteiger partial charge on any atom is 0.471 e. The minimum Gasteiger partial charge on any atom is -0.497 e. The number of methoxy groups -OCH3 is 1. The van der Waals surface area contributed by atoms with Crippen LogP contribution >= 0.6 is 0 Å². The van der Waals surface area contributed by atoms with Gasteiger partial charge in [-0.2, -0.15) is 13.2 Å². The Hall–Kier alpha value is -2.70. The lowest BCUT2D eigenvalue weighted by atomic mass is 9.80. The molecule has 0 saturated carbocycles. The van der Waals surface area contributed by atoms with Crippen LogP contribution in [0.4, 0.5) is 24.5 Å². The van der Waals surface area contributed by atoms with Crippen molar-refractivity contribution >= 4 is 17.3 Å². The van der Waals surface area contributed by atoms with Gasteiger partial charge in [0.15, 0.2) is 0 Å². The zero-order valence-corrected chi connectivity index (χ0v) is 16.9. The van der Waals surface area contributed by atoms with Crippen LogP contribution in [0.15, 0.2) is 48.5 Å². The van der Waals surface area contributed by atoms with Crippen LogP contribution in [-0.2, 0) is 11.2 Å². The maximum atomic E-state index is 13.4. The third-order valence-electron chi connectivity index (χ3n) is 5.20. The number of hydrogen-bond donors (Lipinski definition) is 1. The Labute approximate surface area is 168 Å². The van der Waals surface area contributed by atoms with Gasteiger partial charge in [-0.05, 0) is 47.7 Å². The van der Waals surface area contributed by atoms with Crippen molar-refractivity contribution in [2.45, 2.75) is 45.5 Å². The minimum absolute atomic E-state index is 0.325. The Balaban J connectivity index is 2.00. The number of ether oxygens (including phenoxy) is 1. The summed E-state index contributed by atoms with van der Waals surface area (Å²) in [7, 11) is 1.57. The maximum absolute atomic E-state index is 13.4. The Morgan fingerprint density at radius 2 is 1.72 bits per heavy atom. The highest BCUT2D eigenvalue weighted by atomic mass is 19.4. The van der Waals surface area contributed by atoms with Crippen molar-refractivity contribution in [3.05, 3.63) is 54.1 Å². The molecule has 2 aromatic rings. The van der Waals surface area contributed by atoms with Gasteiger partial charge >= 0.3 is 12.1 Å². The summed E-state index contributed by atoms with van der Waals surface area (Å²) in [6.45, 7) is 5.86. The fraction of sp³-hybridized carbons (Fsp3) is 0.409. The van der Waals surface area contributed by atoms with E-state index in [9.17, 15) is 18.0 Å². The minimum atomic E-state index is -4.95. The SMILES string of the molecule is COc1ccc(N[C@@H]([C@@H]2Cc3ccccc3N2C(=O)C(F)(F)F)C(C)(C)C)cc1. The van der Waals surface area contributed by atoms with Crippen LogP contribution in [-0.4, -0.2) is 31.3 Å². The molecule has 0 unspecified atom stereocenters. The number of anilines is 2. The summed E-state index contributed by atoms with van der Waals surface area (Å²) in [4.78, 5) is 13.3. The molecule has 156 valence electrons. The Kier molecular flexibility index (Phi) is 5.52. The molecule has 2 aromatic carbocycles. The number of hydrogen-bond acceptors (Lipinski definition) is 3. The second-order valence-electron chi connectivity index (χ2n) is 8.29. The van der Waals surface area contributed by atoms with Crippen LogP contribution in [0.5, 0.6) is 5.75 Å². The quantitative estimate of drug-likeness (QED) is 0.773. The van der Waals surface area contributed by atoms with Crippen LogP contribution in [0.2, 0.25) is 0 Å². The lowest BCUT2D eigenvalue weighted by Crippen LogP contribution is -2.56. The molecule has 0 spiro atoms. The Morgan fingerprint density at radius 3 is 2.28 bits per heavy atom. The summed E-state index contributed by atoms with van der Waals surface area (Å²) < 4.78 is 45.4. The second-order valence-corrected chi connectivity index (χ2v) is 8.29. The largest absolute Gasteiger partial charge is 0.497 e. The number of amides is 1. The van der Waals surface area contributed by atoms with Crippen molar-refractivity contribution in [1.82, 2.24) is 0 Å². The molecule has 1 aliphatic rings. The number of halogens is 3. The van der Waals surface area contributed by atoms with Crippen molar-refractivity contribution in [3.8, 4) is 5.75 Å². The highest BCUT2D eigenvalue weighted by molar-refractivity contribution is 6.00. The first-order valence-electron chi connectivity index (χ1n) is 9.41. The molecule has 0 fully saturated rings. The normalized spacial score (nSPS) is 17.6. The van der Waals surface area contributed by atoms with Crippen LogP contribution < -0.4 is 15.0 Å². The summed E-state index contributed by atoms with van der Waals surface area (Å²) in [5, 5.41) is 3.37. The number of nitrogens with one attached hydrogen (secondary N) is 1. The molecule has 4 nitrogen and oxygen atoms in total. The van der Waals surface area contributed by atoms with Crippen molar-refractivity contribution in [2.24, 2.45) is 5.41 Å². The number of nitrogens with zero attached hydrogens (tertiary/aromatic N) is 1. The zero-order valence-electron chi connectivity index (χ0n) is 16.9. The Bertz CT molecular complexity index is 873. The summed E-state index contributed by atoms with van der Waals surface area (Å²) in [6, 6.07) is 12.9. The topological polar surface area (TPSA) is 41.6 Å². The average molecular weight is 406 g/mol. The van der Waals surface area contributed by atoms with Gasteiger partial charge in [0.25, 0.3) is 0 Å². The third-order valence-corrected chi connectivity index (χ3v) is 5.20. The van der Waals surface area contributed by atoms with Gasteiger partial charge in [0, 0.05) is 11.4 Å². The number of para-hydroxylation sites is 1. The van der Waals surface area contributed by atoms with Gasteiger partial charge in [-0.25, -0.2) is 0 Å². The number of carbonyl (C=O) groups excluding carboxylic acids is 1. The molecule has 29 heavy (non-hydrogen) atoms. The van der Waals surface area contributed by atoms with Crippen LogP contribution in [0.1, 0.15) is 26.3 Å². The van der Waals surface area contributed by atoms with E-state index in [1.54, 1.807) is 43.5 Å². The fourth-order valence-electron chi connectivity index (χ4n) is 3.83. The molecule has 7 heteroatoms. The number of rotatable bonds is 4. The molecule has 0 radical (unpaired) electrons. The predicted octanol–water partition coefficient (Wildman–Crippen LogP) is 5.04. The highest BCUT2D eigenvalue weighted by Gasteiger charge is 2.51. The average Bonchev–Trinajstić information content (AvgIpc) is 3.03. The molecule has 1 amide bonds. The second kappa shape index (κ2) is 7.61. The van der Waals surface area contributed by atoms with E-state index >= 15 is 0 Å². The summed E-state index contributed by atoms with van der Waals surface area (Å²) in [5.74, 6) is -1.15. The van der Waals surface area contributed by atoms with Gasteiger partial charge in [-0.15, -0.1) is 0 Å². The van der Waals surface area contributed by atoms with E-state index in [4.69, 9.17) is 4.74 Å². The molecular weight excluding hydrogens is 381 g/mol. The van der Waals surface area contributed by atoms with E-state index in [1.165, 1.54) is 0 Å². The third kappa shape index (κ3) is 4.33. The molecule has 1 N–H and O–H groups in total.